The number of halogens is 2. The van der Waals surface area contributed by atoms with Gasteiger partial charge < -0.3 is 5.11 Å². The van der Waals surface area contributed by atoms with Crippen molar-refractivity contribution in [2.24, 2.45) is 0 Å². The molecule has 0 aliphatic heterocycles. The largest absolute Gasteiger partial charge is 0.391 e. The Hall–Kier alpha value is -0.840. The molecule has 1 aromatic heterocycles. The van der Waals surface area contributed by atoms with Crippen molar-refractivity contribution in [2.45, 2.75) is 32.8 Å². The van der Waals surface area contributed by atoms with E-state index < -0.39 is 0 Å². The third kappa shape index (κ3) is 2.86. The molecule has 0 unspecified atom stereocenters. The fraction of sp³-hybridized carbons (Fsp3) is 0.357. The average molecular weight is 344 g/mol. The van der Waals surface area contributed by atoms with E-state index in [0.717, 1.165) is 15.9 Å². The highest BCUT2D eigenvalue weighted by Gasteiger charge is 2.26. The minimum Gasteiger partial charge on any atom is -0.391 e. The molecule has 1 aromatic carbocycles. The highest BCUT2D eigenvalue weighted by Crippen LogP contribution is 2.31. The number of aliphatic hydroxyl groups excluding tert-OH is 1. The van der Waals surface area contributed by atoms with Crippen LogP contribution < -0.4 is 0 Å². The second-order valence-electron chi connectivity index (χ2n) is 5.41. The van der Waals surface area contributed by atoms with Gasteiger partial charge in [0.05, 0.1) is 18.0 Å². The standard InChI is InChI=1S/C14H16BrClN2O/c1-14(2,3)12-11(8-19)13(16)18(17-12)10-6-4-9(15)5-7-10/h4-7,19H,8H2,1-3H3. The number of aliphatic hydroxyl groups is 1. The van der Waals surface area contributed by atoms with Gasteiger partial charge in [0.25, 0.3) is 0 Å². The molecule has 0 amide bonds. The summed E-state index contributed by atoms with van der Waals surface area (Å²) in [5.41, 5.74) is 2.22. The van der Waals surface area contributed by atoms with E-state index in [9.17, 15) is 5.11 Å². The van der Waals surface area contributed by atoms with Gasteiger partial charge in [0.1, 0.15) is 5.15 Å². The Bertz CT molecular complexity index is 585. The third-order valence-electron chi connectivity index (χ3n) is 2.86. The van der Waals surface area contributed by atoms with Gasteiger partial charge in [-0.3, -0.25) is 0 Å². The first-order chi connectivity index (χ1) is 8.84. The number of hydrogen-bond acceptors (Lipinski definition) is 2. The van der Waals surface area contributed by atoms with E-state index in [-0.39, 0.29) is 12.0 Å². The van der Waals surface area contributed by atoms with Gasteiger partial charge in [-0.25, -0.2) is 4.68 Å². The van der Waals surface area contributed by atoms with Crippen molar-refractivity contribution < 1.29 is 5.11 Å². The number of aromatic nitrogens is 2. The zero-order valence-electron chi connectivity index (χ0n) is 11.1. The highest BCUT2D eigenvalue weighted by atomic mass is 79.9. The van der Waals surface area contributed by atoms with Gasteiger partial charge in [-0.05, 0) is 24.3 Å². The van der Waals surface area contributed by atoms with Crippen LogP contribution in [0.25, 0.3) is 5.69 Å². The molecule has 0 aliphatic carbocycles. The SMILES string of the molecule is CC(C)(C)c1nn(-c2ccc(Br)cc2)c(Cl)c1CO. The molecule has 0 saturated carbocycles. The van der Waals surface area contributed by atoms with Gasteiger partial charge in [0, 0.05) is 15.5 Å². The summed E-state index contributed by atoms with van der Waals surface area (Å²) in [5.74, 6) is 0. The third-order valence-corrected chi connectivity index (χ3v) is 3.78. The lowest BCUT2D eigenvalue weighted by molar-refractivity contribution is 0.278. The fourth-order valence-corrected chi connectivity index (χ4v) is 2.47. The van der Waals surface area contributed by atoms with Gasteiger partial charge in [-0.2, -0.15) is 5.10 Å². The van der Waals surface area contributed by atoms with Crippen LogP contribution in [0, 0.1) is 0 Å². The van der Waals surface area contributed by atoms with Crippen LogP contribution in [0.2, 0.25) is 5.15 Å². The minimum absolute atomic E-state index is 0.109. The molecule has 19 heavy (non-hydrogen) atoms. The molecule has 0 spiro atoms. The second kappa shape index (κ2) is 5.27. The van der Waals surface area contributed by atoms with Crippen molar-refractivity contribution in [3.63, 3.8) is 0 Å². The van der Waals surface area contributed by atoms with Crippen LogP contribution in [0.1, 0.15) is 32.0 Å². The molecule has 2 aromatic rings. The molecule has 5 heteroatoms. The van der Waals surface area contributed by atoms with Crippen molar-refractivity contribution in [3.05, 3.63) is 45.1 Å². The summed E-state index contributed by atoms with van der Waals surface area (Å²) in [6.45, 7) is 6.05. The topological polar surface area (TPSA) is 38.0 Å². The summed E-state index contributed by atoms with van der Waals surface area (Å²) in [7, 11) is 0. The van der Waals surface area contributed by atoms with Gasteiger partial charge in [-0.1, -0.05) is 48.3 Å². The Balaban J connectivity index is 2.59. The molecule has 1 N–H and O–H groups in total. The summed E-state index contributed by atoms with van der Waals surface area (Å²) in [4.78, 5) is 0. The van der Waals surface area contributed by atoms with Gasteiger partial charge >= 0.3 is 0 Å². The molecule has 0 fully saturated rings. The summed E-state index contributed by atoms with van der Waals surface area (Å²) in [5, 5.41) is 14.6. The maximum Gasteiger partial charge on any atom is 0.138 e. The van der Waals surface area contributed by atoms with E-state index >= 15 is 0 Å². The number of nitrogens with zero attached hydrogens (tertiary/aromatic N) is 2. The van der Waals surface area contributed by atoms with E-state index in [4.69, 9.17) is 11.6 Å². The van der Waals surface area contributed by atoms with Crippen molar-refractivity contribution in [1.29, 1.82) is 0 Å². The lowest BCUT2D eigenvalue weighted by atomic mass is 9.90. The van der Waals surface area contributed by atoms with Gasteiger partial charge in [-0.15, -0.1) is 0 Å². The molecular formula is C14H16BrClN2O. The van der Waals surface area contributed by atoms with Crippen LogP contribution >= 0.6 is 27.5 Å². The maximum atomic E-state index is 9.52. The summed E-state index contributed by atoms with van der Waals surface area (Å²) < 4.78 is 2.66. The maximum absolute atomic E-state index is 9.52. The van der Waals surface area contributed by atoms with E-state index in [0.29, 0.717) is 10.7 Å². The Labute approximate surface area is 126 Å². The van der Waals surface area contributed by atoms with Crippen LogP contribution in [0.15, 0.2) is 28.7 Å². The first-order valence-corrected chi connectivity index (χ1v) is 7.16. The molecule has 0 bridgehead atoms. The summed E-state index contributed by atoms with van der Waals surface area (Å²) in [6, 6.07) is 7.72. The van der Waals surface area contributed by atoms with Gasteiger partial charge in [0.2, 0.25) is 0 Å². The molecule has 0 atom stereocenters. The predicted molar refractivity (Wildman–Crippen MR) is 80.9 cm³/mol. The molecule has 102 valence electrons. The lowest BCUT2D eigenvalue weighted by Crippen LogP contribution is -2.14. The summed E-state index contributed by atoms with van der Waals surface area (Å²) in [6.07, 6.45) is 0. The first-order valence-electron chi connectivity index (χ1n) is 5.99. The quantitative estimate of drug-likeness (QED) is 0.892. The Morgan fingerprint density at radius 3 is 2.26 bits per heavy atom. The highest BCUT2D eigenvalue weighted by molar-refractivity contribution is 9.10. The zero-order valence-corrected chi connectivity index (χ0v) is 13.5. The Morgan fingerprint density at radius 1 is 1.26 bits per heavy atom. The molecule has 0 saturated heterocycles. The lowest BCUT2D eigenvalue weighted by Gasteiger charge is -2.16. The van der Waals surface area contributed by atoms with Crippen molar-refractivity contribution in [3.8, 4) is 5.69 Å². The fourth-order valence-electron chi connectivity index (χ4n) is 1.93. The molecular weight excluding hydrogens is 328 g/mol. The summed E-state index contributed by atoms with van der Waals surface area (Å²) >= 11 is 9.74. The molecule has 1 heterocycles. The normalized spacial score (nSPS) is 11.9. The second-order valence-corrected chi connectivity index (χ2v) is 6.69. The zero-order chi connectivity index (χ0) is 14.2. The molecule has 2 rings (SSSR count). The molecule has 0 radical (unpaired) electrons. The van der Waals surface area contributed by atoms with Crippen LogP contribution in [0.3, 0.4) is 0 Å². The van der Waals surface area contributed by atoms with Crippen LogP contribution in [0.5, 0.6) is 0 Å². The van der Waals surface area contributed by atoms with E-state index in [2.05, 4.69) is 41.8 Å². The smallest absolute Gasteiger partial charge is 0.138 e. The van der Waals surface area contributed by atoms with Crippen LogP contribution in [-0.4, -0.2) is 14.9 Å². The molecule has 3 nitrogen and oxygen atoms in total. The monoisotopic (exact) mass is 342 g/mol. The van der Waals surface area contributed by atoms with Crippen LogP contribution in [0.4, 0.5) is 0 Å². The van der Waals surface area contributed by atoms with Gasteiger partial charge in [0.15, 0.2) is 0 Å². The Morgan fingerprint density at radius 2 is 1.84 bits per heavy atom. The Kier molecular flexibility index (Phi) is 4.04. The molecule has 0 aliphatic rings. The van der Waals surface area contributed by atoms with Crippen molar-refractivity contribution in [1.82, 2.24) is 9.78 Å². The predicted octanol–water partition coefficient (Wildman–Crippen LogP) is 4.08. The van der Waals surface area contributed by atoms with Crippen molar-refractivity contribution in [2.75, 3.05) is 0 Å². The van der Waals surface area contributed by atoms with Crippen LogP contribution in [-0.2, 0) is 12.0 Å². The average Bonchev–Trinajstić information content (AvgIpc) is 2.67. The van der Waals surface area contributed by atoms with Crippen molar-refractivity contribution >= 4 is 27.5 Å². The number of hydrogen-bond donors (Lipinski definition) is 1. The van der Waals surface area contributed by atoms with E-state index in [1.807, 2.05) is 24.3 Å². The minimum atomic E-state index is -0.164. The number of rotatable bonds is 2. The first kappa shape index (κ1) is 14.6. The number of benzene rings is 1. The van der Waals surface area contributed by atoms with E-state index in [1.165, 1.54) is 0 Å². The van der Waals surface area contributed by atoms with E-state index in [1.54, 1.807) is 4.68 Å².